The highest BCUT2D eigenvalue weighted by molar-refractivity contribution is 8.00. The fourth-order valence-corrected chi connectivity index (χ4v) is 6.48. The minimum absolute atomic E-state index is 0.0281. The van der Waals surface area contributed by atoms with Gasteiger partial charge in [0, 0.05) is 29.4 Å². The summed E-state index contributed by atoms with van der Waals surface area (Å²) in [6.07, 6.45) is 4.23. The standard InChI is InChI=1S/C25H30N10O5S2/c1-13(2)40-31-16(19-30-25(26)42-32-19)21(36)29-17-22(37)35-18(24(38)39)14(11-41-23(17)35)10-33-8-4-6-15-20(33)28-12-34(15)9-5-7-27-3/h4,6,8,12-13,17,23,27H,5,7,9-11H2,1-3H3,(H3-,26,29,30,32,36,38,39)/p+1/b31-16-. The first kappa shape index (κ1) is 29.4. The maximum atomic E-state index is 13.3. The predicted octanol–water partition coefficient (Wildman–Crippen LogP) is -0.0651. The topological polar surface area (TPSA) is 194 Å². The van der Waals surface area contributed by atoms with Crippen LogP contribution in [0.5, 0.6) is 0 Å². The average molecular weight is 616 g/mol. The molecule has 42 heavy (non-hydrogen) atoms. The van der Waals surface area contributed by atoms with E-state index < -0.39 is 29.2 Å². The van der Waals surface area contributed by atoms with Gasteiger partial charge in [-0.1, -0.05) is 5.16 Å². The maximum Gasteiger partial charge on any atom is 0.352 e. The first-order valence-corrected chi connectivity index (χ1v) is 15.0. The quantitative estimate of drug-likeness (QED) is 0.0701. The van der Waals surface area contributed by atoms with Crippen LogP contribution in [0.15, 0.2) is 41.1 Å². The Bertz CT molecular complexity index is 1580. The van der Waals surface area contributed by atoms with E-state index in [9.17, 15) is 19.5 Å². The second-order valence-corrected chi connectivity index (χ2v) is 11.8. The lowest BCUT2D eigenvalue weighted by Gasteiger charge is -2.49. The molecule has 0 saturated carbocycles. The maximum absolute atomic E-state index is 13.3. The largest absolute Gasteiger partial charge is 0.477 e. The van der Waals surface area contributed by atoms with Crippen LogP contribution in [0.2, 0.25) is 0 Å². The van der Waals surface area contributed by atoms with Gasteiger partial charge in [-0.2, -0.15) is 9.36 Å². The average Bonchev–Trinajstić information content (AvgIpc) is 3.58. The van der Waals surface area contributed by atoms with Gasteiger partial charge in [0.15, 0.2) is 5.13 Å². The van der Waals surface area contributed by atoms with E-state index in [1.165, 1.54) is 16.7 Å². The molecule has 0 radical (unpaired) electrons. The Balaban J connectivity index is 1.35. The number of hydrogen-bond donors (Lipinski definition) is 4. The third kappa shape index (κ3) is 5.79. The van der Waals surface area contributed by atoms with Crippen molar-refractivity contribution in [3.8, 4) is 0 Å². The number of anilines is 1. The van der Waals surface area contributed by atoms with Crippen LogP contribution < -0.4 is 20.9 Å². The van der Waals surface area contributed by atoms with Crippen LogP contribution in [0.25, 0.3) is 11.2 Å². The molecule has 1 saturated heterocycles. The van der Waals surface area contributed by atoms with Crippen molar-refractivity contribution in [1.29, 1.82) is 0 Å². The van der Waals surface area contributed by atoms with Gasteiger partial charge >= 0.3 is 11.6 Å². The summed E-state index contributed by atoms with van der Waals surface area (Å²) in [6.45, 7) is 5.38. The molecule has 0 aromatic carbocycles. The molecule has 0 spiro atoms. The van der Waals surface area contributed by atoms with E-state index in [1.807, 2.05) is 29.9 Å². The van der Waals surface area contributed by atoms with Gasteiger partial charge in [0.05, 0.1) is 6.20 Å². The Morgan fingerprint density at radius 1 is 1.38 bits per heavy atom. The number of rotatable bonds is 12. The summed E-state index contributed by atoms with van der Waals surface area (Å²) in [6, 6.07) is 2.90. The number of aryl methyl sites for hydroxylation is 1. The number of nitrogens with zero attached hydrogens (tertiary/aromatic N) is 7. The van der Waals surface area contributed by atoms with E-state index in [4.69, 9.17) is 10.6 Å². The van der Waals surface area contributed by atoms with E-state index in [1.54, 1.807) is 20.2 Å². The van der Waals surface area contributed by atoms with Crippen molar-refractivity contribution in [3.63, 3.8) is 0 Å². The highest BCUT2D eigenvalue weighted by Crippen LogP contribution is 2.40. The molecule has 2 unspecified atom stereocenters. The van der Waals surface area contributed by atoms with Crippen LogP contribution >= 0.6 is 23.3 Å². The Kier molecular flexibility index (Phi) is 8.69. The smallest absolute Gasteiger partial charge is 0.352 e. The van der Waals surface area contributed by atoms with Gasteiger partial charge in [-0.25, -0.2) is 9.36 Å². The van der Waals surface area contributed by atoms with Gasteiger partial charge in [0.25, 0.3) is 11.8 Å². The molecule has 5 N–H and O–H groups in total. The van der Waals surface area contributed by atoms with Gasteiger partial charge < -0.3 is 30.9 Å². The van der Waals surface area contributed by atoms with Gasteiger partial charge in [-0.3, -0.25) is 14.5 Å². The molecule has 222 valence electrons. The van der Waals surface area contributed by atoms with Gasteiger partial charge in [0.1, 0.15) is 35.3 Å². The van der Waals surface area contributed by atoms with Crippen molar-refractivity contribution in [2.45, 2.75) is 50.9 Å². The van der Waals surface area contributed by atoms with Crippen LogP contribution in [-0.4, -0.2) is 89.3 Å². The number of aliphatic carboxylic acids is 1. The molecular formula is C25H31N10O5S2+. The van der Waals surface area contributed by atoms with Crippen molar-refractivity contribution in [3.05, 3.63) is 41.8 Å². The predicted molar refractivity (Wildman–Crippen MR) is 155 cm³/mol. The number of carbonyl (C=O) groups is 3. The molecule has 2 aliphatic heterocycles. The van der Waals surface area contributed by atoms with E-state index in [0.717, 1.165) is 42.2 Å². The summed E-state index contributed by atoms with van der Waals surface area (Å²) in [4.78, 5) is 53.9. The van der Waals surface area contributed by atoms with Crippen molar-refractivity contribution >= 4 is 63.1 Å². The molecule has 5 rings (SSSR count). The molecule has 0 bridgehead atoms. The van der Waals surface area contributed by atoms with Crippen molar-refractivity contribution in [2.75, 3.05) is 25.1 Å². The zero-order valence-corrected chi connectivity index (χ0v) is 24.8. The molecular weight excluding hydrogens is 584 g/mol. The molecule has 5 heterocycles. The summed E-state index contributed by atoms with van der Waals surface area (Å²) >= 11 is 2.26. The van der Waals surface area contributed by atoms with Crippen molar-refractivity contribution < 1.29 is 28.9 Å². The summed E-state index contributed by atoms with van der Waals surface area (Å²) in [5.41, 5.74) is 7.58. The fourth-order valence-electron chi connectivity index (χ4n) is 4.71. The van der Waals surface area contributed by atoms with E-state index >= 15 is 0 Å². The van der Waals surface area contributed by atoms with Crippen molar-refractivity contribution in [2.24, 2.45) is 5.16 Å². The Labute approximate surface area is 249 Å². The number of thioether (sulfide) groups is 1. The number of nitrogens with two attached hydrogens (primary N) is 1. The summed E-state index contributed by atoms with van der Waals surface area (Å²) in [5, 5.41) is 19.3. The SMILES string of the molecule is CNCCCn1cnc2c1ccc[n+]2CC1=C(C(=O)O)N2C(=O)C(NC(=O)/C(=N\OC(C)C)c3nsc(N)n3)C2SC1. The minimum atomic E-state index is -1.21. The van der Waals surface area contributed by atoms with Crippen LogP contribution in [-0.2, 0) is 32.3 Å². The monoisotopic (exact) mass is 615 g/mol. The number of aromatic nitrogens is 5. The van der Waals surface area contributed by atoms with Gasteiger partial charge in [-0.15, -0.1) is 11.8 Å². The molecule has 0 aliphatic carbocycles. The van der Waals surface area contributed by atoms with Gasteiger partial charge in [0.2, 0.25) is 17.9 Å². The van der Waals surface area contributed by atoms with Crippen LogP contribution in [0.3, 0.4) is 0 Å². The highest BCUT2D eigenvalue weighted by Gasteiger charge is 2.54. The third-order valence-electron chi connectivity index (χ3n) is 6.60. The van der Waals surface area contributed by atoms with Gasteiger partial charge in [-0.05, 0) is 51.0 Å². The lowest BCUT2D eigenvalue weighted by atomic mass is 10.0. The van der Waals surface area contributed by atoms with Crippen LogP contribution in [0, 0.1) is 0 Å². The Morgan fingerprint density at radius 3 is 2.88 bits per heavy atom. The number of amides is 2. The molecule has 2 atom stereocenters. The number of imidazole rings is 1. The number of carboxylic acid groups (broad SMARTS) is 1. The van der Waals surface area contributed by atoms with E-state index in [0.29, 0.717) is 11.3 Å². The third-order valence-corrected chi connectivity index (χ3v) is 8.48. The number of carbonyl (C=O) groups excluding carboxylic acids is 2. The van der Waals surface area contributed by atoms with E-state index in [2.05, 4.69) is 34.7 Å². The Morgan fingerprint density at radius 2 is 2.19 bits per heavy atom. The number of pyridine rings is 1. The van der Waals surface area contributed by atoms with Crippen molar-refractivity contribution in [1.82, 2.24) is 34.4 Å². The molecule has 15 nitrogen and oxygen atoms in total. The summed E-state index contributed by atoms with van der Waals surface area (Å²) in [5.74, 6) is -2.17. The molecule has 2 aliphatic rings. The molecule has 2 amide bonds. The normalized spacial score (nSPS) is 18.8. The van der Waals surface area contributed by atoms with E-state index in [-0.39, 0.29) is 35.0 Å². The number of hydrogen-bond acceptors (Lipinski definition) is 12. The number of nitrogen functional groups attached to an aromatic ring is 1. The fraction of sp³-hybridized carbons (Fsp3) is 0.440. The molecule has 17 heteroatoms. The number of fused-ring (bicyclic) bond motifs is 2. The molecule has 3 aromatic rings. The lowest BCUT2D eigenvalue weighted by molar-refractivity contribution is -0.664. The Hall–Kier alpha value is -4.09. The lowest BCUT2D eigenvalue weighted by Crippen LogP contribution is -2.71. The highest BCUT2D eigenvalue weighted by atomic mass is 32.2. The number of β-lactam (4-membered cyclic amide) rings is 1. The van der Waals surface area contributed by atoms with Crippen LogP contribution in [0.1, 0.15) is 26.1 Å². The van der Waals surface area contributed by atoms with Crippen LogP contribution in [0.4, 0.5) is 5.13 Å². The number of nitrogens with one attached hydrogen (secondary N) is 2. The second-order valence-electron chi connectivity index (χ2n) is 9.91. The second kappa shape index (κ2) is 12.4. The first-order chi connectivity index (χ1) is 20.2. The summed E-state index contributed by atoms with van der Waals surface area (Å²) < 4.78 is 7.98. The first-order valence-electron chi connectivity index (χ1n) is 13.2. The minimum Gasteiger partial charge on any atom is -0.477 e. The molecule has 3 aromatic heterocycles. The number of carboxylic acids is 1. The zero-order valence-electron chi connectivity index (χ0n) is 23.2. The number of oxime groups is 1. The molecule has 1 fully saturated rings. The zero-order chi connectivity index (χ0) is 30.0. The summed E-state index contributed by atoms with van der Waals surface area (Å²) in [7, 11) is 1.91.